The van der Waals surface area contributed by atoms with Gasteiger partial charge >= 0.3 is 13.8 Å². The summed E-state index contributed by atoms with van der Waals surface area (Å²) in [5, 5.41) is 3.06. The van der Waals surface area contributed by atoms with Gasteiger partial charge in [-0.1, -0.05) is 282 Å². The van der Waals surface area contributed by atoms with Gasteiger partial charge in [-0.25, -0.2) is 4.57 Å². The molecule has 0 aliphatic rings. The molecule has 0 aromatic heterocycles. The summed E-state index contributed by atoms with van der Waals surface area (Å²) < 4.78 is 30.8. The van der Waals surface area contributed by atoms with Crippen LogP contribution in [0, 0.1) is 0 Å². The molecular weight excluding hydrogens is 976 g/mol. The Morgan fingerprint density at radius 3 is 1.21 bits per heavy atom. The van der Waals surface area contributed by atoms with Crippen molar-refractivity contribution in [3.8, 4) is 0 Å². The molecule has 2 N–H and O–H groups in total. The number of unbranched alkanes of at least 4 members (excludes halogenated alkanes) is 38. The molecule has 0 saturated carbocycles. The van der Waals surface area contributed by atoms with Crippen molar-refractivity contribution in [2.24, 2.45) is 0 Å². The molecule has 3 atom stereocenters. The van der Waals surface area contributed by atoms with Gasteiger partial charge in [0.05, 0.1) is 33.8 Å². The largest absolute Gasteiger partial charge is 0.472 e. The summed E-state index contributed by atoms with van der Waals surface area (Å²) in [5.74, 6) is -0.506. The number of nitrogens with zero attached hydrogens (tertiary/aromatic N) is 1. The van der Waals surface area contributed by atoms with Crippen LogP contribution in [0.2, 0.25) is 0 Å². The van der Waals surface area contributed by atoms with E-state index < -0.39 is 20.0 Å². The average Bonchev–Trinajstić information content (AvgIpc) is 3.39. The van der Waals surface area contributed by atoms with Crippen molar-refractivity contribution in [2.75, 3.05) is 40.9 Å². The first-order valence-corrected chi connectivity index (χ1v) is 34.5. The second-order valence-corrected chi connectivity index (χ2v) is 25.1. The molecule has 452 valence electrons. The third-order valence-electron chi connectivity index (χ3n) is 14.8. The van der Waals surface area contributed by atoms with E-state index in [2.05, 4.69) is 62.5 Å². The fourth-order valence-electron chi connectivity index (χ4n) is 9.65. The Morgan fingerprint density at radius 1 is 0.455 bits per heavy atom. The van der Waals surface area contributed by atoms with Crippen LogP contribution >= 0.6 is 7.82 Å². The number of allylic oxidation sites excluding steroid dienone is 7. The lowest BCUT2D eigenvalue weighted by molar-refractivity contribution is -0.870. The van der Waals surface area contributed by atoms with Crippen molar-refractivity contribution in [3.05, 3.63) is 48.6 Å². The summed E-state index contributed by atoms with van der Waals surface area (Å²) >= 11 is 0. The number of carbonyl (C=O) groups excluding carboxylic acids is 2. The normalized spacial score (nSPS) is 13.9. The monoisotopic (exact) mass is 1100 g/mol. The van der Waals surface area contributed by atoms with Gasteiger partial charge in [0.25, 0.3) is 0 Å². The summed E-state index contributed by atoms with van der Waals surface area (Å²) in [6, 6.07) is -0.853. The number of rotatable bonds is 60. The molecule has 0 aliphatic heterocycles. The van der Waals surface area contributed by atoms with Crippen LogP contribution in [0.25, 0.3) is 0 Å². The van der Waals surface area contributed by atoms with Crippen molar-refractivity contribution in [1.82, 2.24) is 5.32 Å². The third-order valence-corrected chi connectivity index (χ3v) is 15.8. The number of quaternary nitrogens is 1. The maximum absolute atomic E-state index is 13.6. The van der Waals surface area contributed by atoms with Gasteiger partial charge in [-0.2, -0.15) is 0 Å². The van der Waals surface area contributed by atoms with Gasteiger partial charge in [-0.3, -0.25) is 18.6 Å². The number of esters is 1. The number of nitrogens with one attached hydrogen (secondary N) is 1. The molecule has 9 nitrogen and oxygen atoms in total. The van der Waals surface area contributed by atoms with Crippen LogP contribution in [0.3, 0.4) is 0 Å². The smallest absolute Gasteiger partial charge is 0.456 e. The molecule has 77 heavy (non-hydrogen) atoms. The molecule has 0 bridgehead atoms. The molecule has 10 heteroatoms. The lowest BCUT2D eigenvalue weighted by Crippen LogP contribution is -2.47. The Balaban J connectivity index is 5.23. The number of phosphoric acid groups is 1. The number of amides is 1. The zero-order valence-electron chi connectivity index (χ0n) is 51.7. The molecule has 0 aromatic carbocycles. The highest BCUT2D eigenvalue weighted by Gasteiger charge is 2.30. The first-order chi connectivity index (χ1) is 37.4. The zero-order chi connectivity index (χ0) is 56.4. The number of carbonyl (C=O) groups is 2. The van der Waals surface area contributed by atoms with E-state index in [0.717, 1.165) is 83.5 Å². The van der Waals surface area contributed by atoms with Crippen molar-refractivity contribution in [1.29, 1.82) is 0 Å². The number of phosphoric ester groups is 1. The Morgan fingerprint density at radius 2 is 0.792 bits per heavy atom. The minimum absolute atomic E-state index is 0.0386. The average molecular weight is 1100 g/mol. The van der Waals surface area contributed by atoms with E-state index in [0.29, 0.717) is 23.9 Å². The van der Waals surface area contributed by atoms with Crippen molar-refractivity contribution in [3.63, 3.8) is 0 Å². The molecule has 0 heterocycles. The Bertz CT molecular complexity index is 1460. The lowest BCUT2D eigenvalue weighted by atomic mass is 10.0. The predicted molar refractivity (Wildman–Crippen MR) is 332 cm³/mol. The predicted octanol–water partition coefficient (Wildman–Crippen LogP) is 20.5. The quantitative estimate of drug-likeness (QED) is 0.0205. The van der Waals surface area contributed by atoms with E-state index in [1.165, 1.54) is 199 Å². The van der Waals surface area contributed by atoms with E-state index >= 15 is 0 Å². The highest BCUT2D eigenvalue weighted by atomic mass is 31.2. The van der Waals surface area contributed by atoms with Crippen molar-refractivity contribution in [2.45, 2.75) is 328 Å². The molecule has 0 saturated heterocycles. The van der Waals surface area contributed by atoms with Crippen LogP contribution in [0.5, 0.6) is 0 Å². The molecule has 3 unspecified atom stereocenters. The molecule has 1 amide bonds. The maximum atomic E-state index is 13.6. The summed E-state index contributed by atoms with van der Waals surface area (Å²) in [5.41, 5.74) is 0. The zero-order valence-corrected chi connectivity index (χ0v) is 52.6. The van der Waals surface area contributed by atoms with Gasteiger partial charge in [-0.15, -0.1) is 0 Å². The molecular formula is C67H128N2O7P+. The van der Waals surface area contributed by atoms with E-state index in [1.807, 2.05) is 33.3 Å². The fraction of sp³-hybridized carbons (Fsp3) is 0.851. The highest BCUT2D eigenvalue weighted by Crippen LogP contribution is 2.43. The van der Waals surface area contributed by atoms with E-state index in [1.54, 1.807) is 0 Å². The Kier molecular flexibility index (Phi) is 55.7. The SMILES string of the molecule is CCCCC/C=C\C/C=C\C/C=C\CCCCCCCCC(=O)NC(COP(=O)(O)OCC[N+](C)(C)C)C(/C=C/CCCCCCCCCCCCC)OC(=O)CCCCCCCCCCCCCCCCCCCCC. The molecule has 0 aromatic rings. The van der Waals surface area contributed by atoms with Crippen molar-refractivity contribution >= 4 is 19.7 Å². The fourth-order valence-corrected chi connectivity index (χ4v) is 10.4. The molecule has 0 spiro atoms. The molecule has 0 radical (unpaired) electrons. The first-order valence-electron chi connectivity index (χ1n) is 33.0. The van der Waals surface area contributed by atoms with Crippen LogP contribution in [-0.2, 0) is 27.9 Å². The number of hydrogen-bond acceptors (Lipinski definition) is 6. The second kappa shape index (κ2) is 57.2. The van der Waals surface area contributed by atoms with Crippen LogP contribution in [0.4, 0.5) is 0 Å². The standard InChI is InChI=1S/C67H127N2O7P/c1-7-10-13-16-19-22-25-28-30-32-34-36-38-41-44-47-50-53-56-59-66(70)68-64(63-75-77(72,73)74-62-61-69(4,5)6)65(58-55-52-49-46-43-40-27-24-21-18-15-12-9-3)76-67(71)60-57-54-51-48-45-42-39-37-35-33-31-29-26-23-20-17-14-11-8-2/h19,22,28,30,34,36,55,58,64-65H,7-18,20-21,23-27,29,31-33,35,37-54,56-57,59-63H2,1-6H3,(H-,68,70,72,73)/p+1/b22-19-,30-28-,36-34-,58-55+. The maximum Gasteiger partial charge on any atom is 0.472 e. The van der Waals surface area contributed by atoms with Crippen molar-refractivity contribution < 1.29 is 37.3 Å². The van der Waals surface area contributed by atoms with Gasteiger partial charge in [-0.05, 0) is 70.3 Å². The highest BCUT2D eigenvalue weighted by molar-refractivity contribution is 7.47. The first kappa shape index (κ1) is 75.0. The van der Waals surface area contributed by atoms with Gasteiger partial charge in [0, 0.05) is 12.8 Å². The number of hydrogen-bond donors (Lipinski definition) is 2. The minimum atomic E-state index is -4.45. The van der Waals surface area contributed by atoms with Crippen LogP contribution < -0.4 is 5.32 Å². The Labute approximate surface area is 478 Å². The second-order valence-electron chi connectivity index (χ2n) is 23.6. The third kappa shape index (κ3) is 58.4. The van der Waals surface area contributed by atoms with Gasteiger partial charge in [0.2, 0.25) is 5.91 Å². The summed E-state index contributed by atoms with van der Waals surface area (Å²) in [7, 11) is 1.50. The Hall–Kier alpha value is -2.03. The lowest BCUT2D eigenvalue weighted by Gasteiger charge is -2.27. The van der Waals surface area contributed by atoms with E-state index in [9.17, 15) is 19.0 Å². The minimum Gasteiger partial charge on any atom is -0.456 e. The van der Waals surface area contributed by atoms with Gasteiger partial charge < -0.3 is 19.4 Å². The van der Waals surface area contributed by atoms with Crippen LogP contribution in [0.15, 0.2) is 48.6 Å². The van der Waals surface area contributed by atoms with E-state index in [-0.39, 0.29) is 25.1 Å². The number of likely N-dealkylation sites (N-methyl/N-ethyl adjacent to an activating group) is 1. The summed E-state index contributed by atoms with van der Waals surface area (Å²) in [6.07, 6.45) is 71.0. The number of ether oxygens (including phenoxy) is 1. The summed E-state index contributed by atoms with van der Waals surface area (Å²) in [4.78, 5) is 37.8. The molecule has 0 rings (SSSR count). The van der Waals surface area contributed by atoms with Gasteiger partial charge in [0.1, 0.15) is 19.3 Å². The van der Waals surface area contributed by atoms with E-state index in [4.69, 9.17) is 13.8 Å². The van der Waals surface area contributed by atoms with Crippen LogP contribution in [-0.4, -0.2) is 74.3 Å². The summed E-state index contributed by atoms with van der Waals surface area (Å²) in [6.45, 7) is 7.02. The molecule has 0 fully saturated rings. The molecule has 0 aliphatic carbocycles. The van der Waals surface area contributed by atoms with Crippen LogP contribution in [0.1, 0.15) is 316 Å². The topological polar surface area (TPSA) is 111 Å². The van der Waals surface area contributed by atoms with Gasteiger partial charge in [0.15, 0.2) is 0 Å².